The summed E-state index contributed by atoms with van der Waals surface area (Å²) in [5, 5.41) is 24.5. The van der Waals surface area contributed by atoms with Gasteiger partial charge in [-0.3, -0.25) is 4.68 Å². The highest BCUT2D eigenvalue weighted by molar-refractivity contribution is 5.82. The Kier molecular flexibility index (Phi) is 3.68. The second kappa shape index (κ2) is 5.08. The Labute approximate surface area is 107 Å². The van der Waals surface area contributed by atoms with Crippen molar-refractivity contribution in [3.8, 4) is 0 Å². The van der Waals surface area contributed by atoms with Gasteiger partial charge >= 0.3 is 0 Å². The second-order valence-electron chi connectivity index (χ2n) is 5.08. The number of nitrogens with zero attached hydrogens (tertiary/aromatic N) is 2. The number of benzene rings is 1. The Hall–Kier alpha value is -1.39. The average molecular weight is 248 g/mol. The molecule has 0 bridgehead atoms. The highest BCUT2D eigenvalue weighted by Gasteiger charge is 2.25. The molecule has 0 unspecified atom stereocenters. The number of aliphatic hydroxyl groups excluding tert-OH is 2. The number of hydrogen-bond donors (Lipinski definition) is 2. The Bertz CT molecular complexity index is 530. The lowest BCUT2D eigenvalue weighted by molar-refractivity contribution is 0.0697. The molecular formula is C14H20N2O2. The standard InChI is InChI=1S/C14H20N2O2/c1-3-16-13-7-5-4-6-11(13)12(15-16)8-14(2,9-17)10-18/h4-7,17-18H,3,8-10H2,1-2H3. The highest BCUT2D eigenvalue weighted by atomic mass is 16.3. The molecule has 0 aliphatic rings. The molecule has 2 N–H and O–H groups in total. The number of hydrogen-bond acceptors (Lipinski definition) is 3. The first-order chi connectivity index (χ1) is 8.63. The summed E-state index contributed by atoms with van der Waals surface area (Å²) in [5.41, 5.74) is 1.53. The summed E-state index contributed by atoms with van der Waals surface area (Å²) >= 11 is 0. The lowest BCUT2D eigenvalue weighted by Crippen LogP contribution is -2.28. The van der Waals surface area contributed by atoms with Crippen LogP contribution in [0, 0.1) is 5.41 Å². The Balaban J connectivity index is 2.45. The van der Waals surface area contributed by atoms with E-state index >= 15 is 0 Å². The van der Waals surface area contributed by atoms with Gasteiger partial charge in [-0.25, -0.2) is 0 Å². The lowest BCUT2D eigenvalue weighted by atomic mass is 9.86. The maximum absolute atomic E-state index is 9.39. The molecule has 98 valence electrons. The van der Waals surface area contributed by atoms with E-state index in [-0.39, 0.29) is 13.2 Å². The summed E-state index contributed by atoms with van der Waals surface area (Å²) in [6, 6.07) is 8.07. The highest BCUT2D eigenvalue weighted by Crippen LogP contribution is 2.26. The van der Waals surface area contributed by atoms with Gasteiger partial charge in [-0.05, 0) is 13.0 Å². The van der Waals surface area contributed by atoms with Crippen LogP contribution in [-0.4, -0.2) is 33.2 Å². The number of para-hydroxylation sites is 1. The van der Waals surface area contributed by atoms with Gasteiger partial charge in [-0.15, -0.1) is 0 Å². The minimum atomic E-state index is -0.518. The number of aryl methyl sites for hydroxylation is 1. The van der Waals surface area contributed by atoms with E-state index in [1.54, 1.807) is 0 Å². The summed E-state index contributed by atoms with van der Waals surface area (Å²) < 4.78 is 1.96. The molecule has 0 amide bonds. The molecule has 0 atom stereocenters. The second-order valence-corrected chi connectivity index (χ2v) is 5.08. The molecule has 4 nitrogen and oxygen atoms in total. The van der Waals surface area contributed by atoms with Crippen molar-refractivity contribution in [2.24, 2.45) is 5.41 Å². The maximum Gasteiger partial charge on any atom is 0.0710 e. The molecule has 1 heterocycles. The minimum absolute atomic E-state index is 0.0448. The third-order valence-electron chi connectivity index (χ3n) is 3.39. The molecule has 1 aromatic heterocycles. The molecule has 2 aromatic rings. The van der Waals surface area contributed by atoms with E-state index in [0.717, 1.165) is 23.1 Å². The summed E-state index contributed by atoms with van der Waals surface area (Å²) in [6.45, 7) is 4.65. The van der Waals surface area contributed by atoms with Crippen molar-refractivity contribution in [3.05, 3.63) is 30.0 Å². The van der Waals surface area contributed by atoms with Crippen molar-refractivity contribution >= 4 is 10.9 Å². The molecule has 0 aliphatic carbocycles. The normalized spacial score (nSPS) is 12.2. The van der Waals surface area contributed by atoms with Crippen LogP contribution >= 0.6 is 0 Å². The van der Waals surface area contributed by atoms with Gasteiger partial charge in [0.25, 0.3) is 0 Å². The third kappa shape index (κ3) is 2.26. The minimum Gasteiger partial charge on any atom is -0.396 e. The monoisotopic (exact) mass is 248 g/mol. The topological polar surface area (TPSA) is 58.3 Å². The Morgan fingerprint density at radius 1 is 1.22 bits per heavy atom. The van der Waals surface area contributed by atoms with Crippen LogP contribution in [0.5, 0.6) is 0 Å². The predicted octanol–water partition coefficient (Wildman–Crippen LogP) is 1.59. The third-order valence-corrected chi connectivity index (χ3v) is 3.39. The molecule has 4 heteroatoms. The van der Waals surface area contributed by atoms with Gasteiger partial charge in [-0.1, -0.05) is 25.1 Å². The quantitative estimate of drug-likeness (QED) is 0.844. The van der Waals surface area contributed by atoms with E-state index < -0.39 is 5.41 Å². The van der Waals surface area contributed by atoms with Crippen LogP contribution in [0.3, 0.4) is 0 Å². The summed E-state index contributed by atoms with van der Waals surface area (Å²) in [4.78, 5) is 0. The molecule has 0 radical (unpaired) electrons. The van der Waals surface area contributed by atoms with Gasteiger partial charge in [0.15, 0.2) is 0 Å². The van der Waals surface area contributed by atoms with E-state index in [9.17, 15) is 10.2 Å². The fraction of sp³-hybridized carbons (Fsp3) is 0.500. The van der Waals surface area contributed by atoms with Crippen molar-refractivity contribution in [2.75, 3.05) is 13.2 Å². The molecular weight excluding hydrogens is 228 g/mol. The molecule has 0 spiro atoms. The summed E-state index contributed by atoms with van der Waals surface area (Å²) in [5.74, 6) is 0. The number of aromatic nitrogens is 2. The van der Waals surface area contributed by atoms with Gasteiger partial charge in [0.1, 0.15) is 0 Å². The van der Waals surface area contributed by atoms with Crippen molar-refractivity contribution in [3.63, 3.8) is 0 Å². The van der Waals surface area contributed by atoms with E-state index in [4.69, 9.17) is 0 Å². The first-order valence-corrected chi connectivity index (χ1v) is 6.29. The van der Waals surface area contributed by atoms with Crippen LogP contribution in [0.25, 0.3) is 10.9 Å². The Morgan fingerprint density at radius 3 is 2.50 bits per heavy atom. The number of fused-ring (bicyclic) bond motifs is 1. The van der Waals surface area contributed by atoms with E-state index in [1.165, 1.54) is 0 Å². The molecule has 0 fully saturated rings. The van der Waals surface area contributed by atoms with E-state index in [0.29, 0.717) is 6.42 Å². The van der Waals surface area contributed by atoms with Crippen molar-refractivity contribution < 1.29 is 10.2 Å². The van der Waals surface area contributed by atoms with Crippen LogP contribution in [0.15, 0.2) is 24.3 Å². The summed E-state index contributed by atoms with van der Waals surface area (Å²) in [7, 11) is 0. The zero-order valence-corrected chi connectivity index (χ0v) is 10.9. The van der Waals surface area contributed by atoms with Crippen LogP contribution in [0.4, 0.5) is 0 Å². The van der Waals surface area contributed by atoms with E-state index in [2.05, 4.69) is 12.0 Å². The van der Waals surface area contributed by atoms with Crippen molar-refractivity contribution in [1.29, 1.82) is 0 Å². The van der Waals surface area contributed by atoms with Crippen LogP contribution in [0.1, 0.15) is 19.5 Å². The van der Waals surface area contributed by atoms with Crippen molar-refractivity contribution in [2.45, 2.75) is 26.8 Å². The molecule has 2 rings (SSSR count). The van der Waals surface area contributed by atoms with Crippen LogP contribution in [0.2, 0.25) is 0 Å². The molecule has 18 heavy (non-hydrogen) atoms. The van der Waals surface area contributed by atoms with Gasteiger partial charge in [0.05, 0.1) is 24.4 Å². The van der Waals surface area contributed by atoms with E-state index in [1.807, 2.05) is 35.9 Å². The molecule has 1 aromatic carbocycles. The first kappa shape index (κ1) is 13.1. The largest absolute Gasteiger partial charge is 0.396 e. The SMILES string of the molecule is CCn1nc(CC(C)(CO)CO)c2ccccc21. The van der Waals surface area contributed by atoms with Crippen molar-refractivity contribution in [1.82, 2.24) is 9.78 Å². The van der Waals surface area contributed by atoms with Gasteiger partial charge in [0.2, 0.25) is 0 Å². The van der Waals surface area contributed by atoms with Gasteiger partial charge < -0.3 is 10.2 Å². The first-order valence-electron chi connectivity index (χ1n) is 6.29. The zero-order chi connectivity index (χ0) is 13.2. The molecule has 0 saturated carbocycles. The number of rotatable bonds is 5. The van der Waals surface area contributed by atoms with Gasteiger partial charge in [-0.2, -0.15) is 5.10 Å². The summed E-state index contributed by atoms with van der Waals surface area (Å²) in [6.07, 6.45) is 0.577. The predicted molar refractivity (Wildman–Crippen MR) is 71.4 cm³/mol. The molecule has 0 saturated heterocycles. The van der Waals surface area contributed by atoms with Gasteiger partial charge in [0, 0.05) is 23.8 Å². The van der Waals surface area contributed by atoms with Crippen LogP contribution in [-0.2, 0) is 13.0 Å². The fourth-order valence-corrected chi connectivity index (χ4v) is 2.13. The van der Waals surface area contributed by atoms with Crippen LogP contribution < -0.4 is 0 Å². The lowest BCUT2D eigenvalue weighted by Gasteiger charge is -2.23. The Morgan fingerprint density at radius 2 is 1.89 bits per heavy atom. The number of aliphatic hydroxyl groups is 2. The fourth-order valence-electron chi connectivity index (χ4n) is 2.13. The maximum atomic E-state index is 9.39. The molecule has 0 aliphatic heterocycles. The zero-order valence-electron chi connectivity index (χ0n) is 10.9. The average Bonchev–Trinajstić information content (AvgIpc) is 2.77. The smallest absolute Gasteiger partial charge is 0.0710 e.